The van der Waals surface area contributed by atoms with Crippen LogP contribution in [0.3, 0.4) is 0 Å². The van der Waals surface area contributed by atoms with Gasteiger partial charge in [-0.3, -0.25) is 10.1 Å². The fraction of sp³-hybridized carbons (Fsp3) is 0.182. The van der Waals surface area contributed by atoms with Crippen LogP contribution in [0.2, 0.25) is 0 Å². The van der Waals surface area contributed by atoms with E-state index in [1.807, 2.05) is 6.07 Å². The summed E-state index contributed by atoms with van der Waals surface area (Å²) in [5.41, 5.74) is 6.50. The Bertz CT molecular complexity index is 486. The highest BCUT2D eigenvalue weighted by atomic mass is 16.6. The van der Waals surface area contributed by atoms with Gasteiger partial charge in [0, 0.05) is 6.07 Å². The lowest BCUT2D eigenvalue weighted by Crippen LogP contribution is -2.04. The Morgan fingerprint density at radius 1 is 1.56 bits per heavy atom. The zero-order valence-electron chi connectivity index (χ0n) is 8.80. The summed E-state index contributed by atoms with van der Waals surface area (Å²) in [6, 6.07) is 8.07. The third kappa shape index (κ3) is 2.17. The second-order valence-corrected chi connectivity index (χ2v) is 3.13. The van der Waals surface area contributed by atoms with Crippen molar-refractivity contribution in [3.8, 4) is 6.07 Å². The minimum absolute atomic E-state index is 0.0822. The number of rotatable bonds is 3. The van der Waals surface area contributed by atoms with Gasteiger partial charge in [-0.15, -0.1) is 0 Å². The van der Waals surface area contributed by atoms with Crippen molar-refractivity contribution in [2.45, 2.75) is 13.3 Å². The summed E-state index contributed by atoms with van der Waals surface area (Å²) in [5, 5.41) is 19.6. The summed E-state index contributed by atoms with van der Waals surface area (Å²) in [7, 11) is 0. The van der Waals surface area contributed by atoms with Crippen molar-refractivity contribution < 1.29 is 4.92 Å². The lowest BCUT2D eigenvalue weighted by atomic mass is 10.0. The first-order valence-electron chi connectivity index (χ1n) is 4.74. The number of nitriles is 1. The largest absolute Gasteiger partial charge is 0.397 e. The molecule has 0 bridgehead atoms. The van der Waals surface area contributed by atoms with Crippen LogP contribution in [0, 0.1) is 21.4 Å². The van der Waals surface area contributed by atoms with Crippen LogP contribution in [0.4, 0.5) is 5.69 Å². The average molecular weight is 217 g/mol. The number of hydrogen-bond acceptors (Lipinski definition) is 4. The molecule has 0 fully saturated rings. The third-order valence-corrected chi connectivity index (χ3v) is 2.20. The molecule has 1 aromatic carbocycles. The van der Waals surface area contributed by atoms with Crippen LogP contribution in [-0.4, -0.2) is 4.92 Å². The maximum atomic E-state index is 10.8. The van der Waals surface area contributed by atoms with E-state index in [0.29, 0.717) is 17.6 Å². The second-order valence-electron chi connectivity index (χ2n) is 3.13. The first-order valence-corrected chi connectivity index (χ1v) is 4.74. The van der Waals surface area contributed by atoms with Crippen LogP contribution in [0.5, 0.6) is 0 Å². The Labute approximate surface area is 93.0 Å². The van der Waals surface area contributed by atoms with E-state index < -0.39 is 4.92 Å². The monoisotopic (exact) mass is 217 g/mol. The quantitative estimate of drug-likeness (QED) is 0.477. The minimum Gasteiger partial charge on any atom is -0.397 e. The fourth-order valence-corrected chi connectivity index (χ4v) is 1.35. The SMILES string of the molecule is CC/C(C#N)=C(/N)c1ccccc1[N+](=O)[O-]. The van der Waals surface area contributed by atoms with Gasteiger partial charge in [0.2, 0.25) is 0 Å². The average Bonchev–Trinajstić information content (AvgIpc) is 2.30. The van der Waals surface area contributed by atoms with Gasteiger partial charge in [-0.25, -0.2) is 0 Å². The van der Waals surface area contributed by atoms with Gasteiger partial charge >= 0.3 is 0 Å². The zero-order valence-corrected chi connectivity index (χ0v) is 8.80. The summed E-state index contributed by atoms with van der Waals surface area (Å²) in [4.78, 5) is 10.3. The Kier molecular flexibility index (Phi) is 3.62. The first-order chi connectivity index (χ1) is 7.61. The molecule has 5 nitrogen and oxygen atoms in total. The molecule has 0 aliphatic rings. The number of nitro benzene ring substituents is 1. The van der Waals surface area contributed by atoms with Gasteiger partial charge in [0.1, 0.15) is 0 Å². The van der Waals surface area contributed by atoms with Crippen molar-refractivity contribution in [3.63, 3.8) is 0 Å². The normalized spacial score (nSPS) is 11.5. The van der Waals surface area contributed by atoms with Crippen molar-refractivity contribution >= 4 is 11.4 Å². The van der Waals surface area contributed by atoms with E-state index in [1.54, 1.807) is 25.1 Å². The van der Waals surface area contributed by atoms with Gasteiger partial charge in [-0.05, 0) is 12.5 Å². The van der Waals surface area contributed by atoms with Crippen LogP contribution in [0.1, 0.15) is 18.9 Å². The molecule has 0 radical (unpaired) electrons. The number of nitro groups is 1. The summed E-state index contributed by atoms with van der Waals surface area (Å²) in [5.74, 6) is 0. The molecule has 0 amide bonds. The van der Waals surface area contributed by atoms with E-state index in [2.05, 4.69) is 0 Å². The fourth-order valence-electron chi connectivity index (χ4n) is 1.35. The molecule has 0 heterocycles. The molecule has 0 spiro atoms. The van der Waals surface area contributed by atoms with Crippen molar-refractivity contribution in [2.24, 2.45) is 5.73 Å². The number of nitrogens with zero attached hydrogens (tertiary/aromatic N) is 2. The van der Waals surface area contributed by atoms with E-state index >= 15 is 0 Å². The van der Waals surface area contributed by atoms with Gasteiger partial charge in [0.15, 0.2) is 0 Å². The van der Waals surface area contributed by atoms with E-state index in [1.165, 1.54) is 6.07 Å². The van der Waals surface area contributed by atoms with E-state index in [9.17, 15) is 10.1 Å². The molecule has 2 N–H and O–H groups in total. The van der Waals surface area contributed by atoms with Crippen LogP contribution in [0.15, 0.2) is 29.8 Å². The van der Waals surface area contributed by atoms with Crippen molar-refractivity contribution in [1.29, 1.82) is 5.26 Å². The molecule has 0 unspecified atom stereocenters. The maximum absolute atomic E-state index is 10.8. The van der Waals surface area contributed by atoms with Crippen LogP contribution in [0.25, 0.3) is 5.70 Å². The highest BCUT2D eigenvalue weighted by Crippen LogP contribution is 2.25. The van der Waals surface area contributed by atoms with E-state index in [4.69, 9.17) is 11.0 Å². The van der Waals surface area contributed by atoms with Crippen molar-refractivity contribution in [2.75, 3.05) is 0 Å². The van der Waals surface area contributed by atoms with Gasteiger partial charge < -0.3 is 5.73 Å². The lowest BCUT2D eigenvalue weighted by molar-refractivity contribution is -0.385. The Morgan fingerprint density at radius 3 is 2.69 bits per heavy atom. The number of para-hydroxylation sites is 1. The molecule has 16 heavy (non-hydrogen) atoms. The van der Waals surface area contributed by atoms with E-state index in [-0.39, 0.29) is 11.4 Å². The topological polar surface area (TPSA) is 93.0 Å². The molecular weight excluding hydrogens is 206 g/mol. The summed E-state index contributed by atoms with van der Waals surface area (Å²) in [6.45, 7) is 1.78. The predicted molar refractivity (Wildman–Crippen MR) is 60.1 cm³/mol. The molecule has 82 valence electrons. The molecule has 0 aromatic heterocycles. The molecule has 0 aliphatic carbocycles. The highest BCUT2D eigenvalue weighted by molar-refractivity contribution is 5.75. The lowest BCUT2D eigenvalue weighted by Gasteiger charge is -2.04. The molecule has 1 rings (SSSR count). The zero-order chi connectivity index (χ0) is 12.1. The Hall–Kier alpha value is -2.35. The highest BCUT2D eigenvalue weighted by Gasteiger charge is 2.16. The van der Waals surface area contributed by atoms with Gasteiger partial charge in [-0.1, -0.05) is 19.1 Å². The molecule has 5 heteroatoms. The van der Waals surface area contributed by atoms with Gasteiger partial charge in [0.25, 0.3) is 5.69 Å². The summed E-state index contributed by atoms with van der Waals surface area (Å²) in [6.07, 6.45) is 0.453. The number of allylic oxidation sites excluding steroid dienone is 1. The summed E-state index contributed by atoms with van der Waals surface area (Å²) >= 11 is 0. The number of hydrogen-bond donors (Lipinski definition) is 1. The number of nitrogens with two attached hydrogens (primary N) is 1. The van der Waals surface area contributed by atoms with Crippen LogP contribution < -0.4 is 5.73 Å². The predicted octanol–water partition coefficient (Wildman–Crippen LogP) is 2.20. The maximum Gasteiger partial charge on any atom is 0.278 e. The van der Waals surface area contributed by atoms with Crippen LogP contribution in [-0.2, 0) is 0 Å². The van der Waals surface area contributed by atoms with E-state index in [0.717, 1.165) is 0 Å². The molecule has 0 saturated carbocycles. The first kappa shape index (κ1) is 11.7. The molecule has 0 atom stereocenters. The van der Waals surface area contributed by atoms with Gasteiger partial charge in [0.05, 0.1) is 27.8 Å². The Balaban J connectivity index is 3.40. The Morgan fingerprint density at radius 2 is 2.19 bits per heavy atom. The molecule has 0 saturated heterocycles. The summed E-state index contributed by atoms with van der Waals surface area (Å²) < 4.78 is 0. The second kappa shape index (κ2) is 4.94. The molecule has 0 aliphatic heterocycles. The van der Waals surface area contributed by atoms with Gasteiger partial charge in [-0.2, -0.15) is 5.26 Å². The number of benzene rings is 1. The standard InChI is InChI=1S/C11H11N3O2/c1-2-8(7-12)11(13)9-5-3-4-6-10(9)14(15)16/h3-6H,2,13H2,1H3/b11-8-. The molecular formula is C11H11N3O2. The van der Waals surface area contributed by atoms with Crippen LogP contribution >= 0.6 is 0 Å². The van der Waals surface area contributed by atoms with Crippen molar-refractivity contribution in [3.05, 3.63) is 45.5 Å². The van der Waals surface area contributed by atoms with Crippen molar-refractivity contribution in [1.82, 2.24) is 0 Å². The minimum atomic E-state index is -0.507. The third-order valence-electron chi connectivity index (χ3n) is 2.20. The molecule has 1 aromatic rings. The smallest absolute Gasteiger partial charge is 0.278 e.